The van der Waals surface area contributed by atoms with Gasteiger partial charge in [0.15, 0.2) is 6.61 Å². The van der Waals surface area contributed by atoms with Crippen molar-refractivity contribution in [1.29, 1.82) is 0 Å². The van der Waals surface area contributed by atoms with Gasteiger partial charge in [-0.2, -0.15) is 0 Å². The maximum absolute atomic E-state index is 11.9. The Kier molecular flexibility index (Phi) is 5.02. The average molecular weight is 388 g/mol. The first-order valence-corrected chi connectivity index (χ1v) is 7.76. The Labute approximate surface area is 139 Å². The number of carbonyl (C=O) groups is 2. The molecular formula is C13H10BrNO4S2. The number of carboxylic acid groups (broad SMARTS) is 1. The molecule has 1 aliphatic rings. The molecule has 1 N–H and O–H groups in total. The first-order chi connectivity index (χ1) is 9.88. The second-order valence-electron chi connectivity index (χ2n) is 4.11. The van der Waals surface area contributed by atoms with E-state index in [0.29, 0.717) is 19.4 Å². The molecule has 2 rings (SSSR count). The summed E-state index contributed by atoms with van der Waals surface area (Å²) in [6, 6.07) is 5.13. The molecule has 0 radical (unpaired) electrons. The van der Waals surface area contributed by atoms with Crippen LogP contribution in [0.1, 0.15) is 5.56 Å². The number of rotatable bonds is 4. The van der Waals surface area contributed by atoms with Gasteiger partial charge in [-0.1, -0.05) is 30.0 Å². The van der Waals surface area contributed by atoms with Gasteiger partial charge in [0.2, 0.25) is 0 Å². The molecule has 110 valence electrons. The largest absolute Gasteiger partial charge is 0.481 e. The van der Waals surface area contributed by atoms with Crippen LogP contribution in [0.4, 0.5) is 0 Å². The molecule has 1 aromatic rings. The molecule has 21 heavy (non-hydrogen) atoms. The predicted molar refractivity (Wildman–Crippen MR) is 88.2 cm³/mol. The van der Waals surface area contributed by atoms with Crippen molar-refractivity contribution in [2.45, 2.75) is 0 Å². The van der Waals surface area contributed by atoms with Crippen molar-refractivity contribution in [3.63, 3.8) is 0 Å². The minimum atomic E-state index is -1.04. The number of thiocarbonyl (C=S) groups is 1. The standard InChI is InChI=1S/C13H10BrNO4S2/c1-15-12(18)10(21-13(15)20)5-7-2-3-9(8(14)4-7)19-6-11(16)17/h2-5H,6H2,1H3,(H,16,17)/b10-5+. The molecule has 0 aliphatic carbocycles. The molecule has 0 aromatic heterocycles. The highest BCUT2D eigenvalue weighted by atomic mass is 79.9. The Balaban J connectivity index is 2.19. The van der Waals surface area contributed by atoms with Crippen LogP contribution in [-0.4, -0.2) is 39.9 Å². The molecule has 1 fully saturated rings. The highest BCUT2D eigenvalue weighted by Crippen LogP contribution is 2.33. The lowest BCUT2D eigenvalue weighted by Gasteiger charge is -2.06. The summed E-state index contributed by atoms with van der Waals surface area (Å²) >= 11 is 9.62. The normalized spacial score (nSPS) is 16.7. The van der Waals surface area contributed by atoms with Crippen molar-refractivity contribution in [2.75, 3.05) is 13.7 Å². The number of ether oxygens (including phenoxy) is 1. The maximum Gasteiger partial charge on any atom is 0.341 e. The number of benzene rings is 1. The van der Waals surface area contributed by atoms with Gasteiger partial charge in [-0.3, -0.25) is 9.69 Å². The van der Waals surface area contributed by atoms with Crippen LogP contribution in [0, 0.1) is 0 Å². The lowest BCUT2D eigenvalue weighted by Crippen LogP contribution is -2.22. The van der Waals surface area contributed by atoms with Crippen LogP contribution in [0.3, 0.4) is 0 Å². The van der Waals surface area contributed by atoms with Crippen LogP contribution in [0.5, 0.6) is 5.75 Å². The number of halogens is 1. The van der Waals surface area contributed by atoms with E-state index in [1.54, 1.807) is 31.3 Å². The zero-order chi connectivity index (χ0) is 15.6. The van der Waals surface area contributed by atoms with E-state index in [-0.39, 0.29) is 5.91 Å². The summed E-state index contributed by atoms with van der Waals surface area (Å²) in [5, 5.41) is 8.58. The molecule has 1 saturated heterocycles. The van der Waals surface area contributed by atoms with Gasteiger partial charge in [0.25, 0.3) is 5.91 Å². The molecule has 0 atom stereocenters. The van der Waals surface area contributed by atoms with Crippen molar-refractivity contribution in [3.8, 4) is 5.75 Å². The van der Waals surface area contributed by atoms with E-state index < -0.39 is 12.6 Å². The highest BCUT2D eigenvalue weighted by molar-refractivity contribution is 9.10. The number of aliphatic carboxylic acids is 1. The lowest BCUT2D eigenvalue weighted by atomic mass is 10.2. The van der Waals surface area contributed by atoms with E-state index in [4.69, 9.17) is 22.1 Å². The summed E-state index contributed by atoms with van der Waals surface area (Å²) in [7, 11) is 1.64. The smallest absolute Gasteiger partial charge is 0.341 e. The van der Waals surface area contributed by atoms with Gasteiger partial charge in [0.05, 0.1) is 9.38 Å². The summed E-state index contributed by atoms with van der Waals surface area (Å²) in [5.74, 6) is -0.748. The molecule has 0 saturated carbocycles. The Morgan fingerprint density at radius 1 is 1.57 bits per heavy atom. The van der Waals surface area contributed by atoms with E-state index in [9.17, 15) is 9.59 Å². The molecule has 0 spiro atoms. The van der Waals surface area contributed by atoms with E-state index in [1.807, 2.05) is 0 Å². The SMILES string of the molecule is CN1C(=O)/C(=C\c2ccc(OCC(=O)O)c(Br)c2)SC1=S. The van der Waals surface area contributed by atoms with Gasteiger partial charge in [-0.05, 0) is 39.7 Å². The molecule has 1 aromatic carbocycles. The van der Waals surface area contributed by atoms with E-state index >= 15 is 0 Å². The third-order valence-electron chi connectivity index (χ3n) is 2.59. The van der Waals surface area contributed by atoms with E-state index in [1.165, 1.54) is 16.7 Å². The van der Waals surface area contributed by atoms with Crippen LogP contribution in [0.25, 0.3) is 6.08 Å². The molecule has 1 aliphatic heterocycles. The zero-order valence-corrected chi connectivity index (χ0v) is 14.0. The minimum absolute atomic E-state index is 0.132. The van der Waals surface area contributed by atoms with Gasteiger partial charge >= 0.3 is 5.97 Å². The van der Waals surface area contributed by atoms with Crippen LogP contribution < -0.4 is 4.74 Å². The highest BCUT2D eigenvalue weighted by Gasteiger charge is 2.28. The van der Waals surface area contributed by atoms with Crippen LogP contribution in [-0.2, 0) is 9.59 Å². The van der Waals surface area contributed by atoms with Crippen molar-refractivity contribution >= 4 is 62.2 Å². The number of nitrogens with zero attached hydrogens (tertiary/aromatic N) is 1. The van der Waals surface area contributed by atoms with Gasteiger partial charge in [0, 0.05) is 7.05 Å². The van der Waals surface area contributed by atoms with Crippen LogP contribution in [0.2, 0.25) is 0 Å². The molecular weight excluding hydrogens is 378 g/mol. The first-order valence-electron chi connectivity index (χ1n) is 5.74. The van der Waals surface area contributed by atoms with Crippen molar-refractivity contribution in [2.24, 2.45) is 0 Å². The first kappa shape index (κ1) is 16.0. The van der Waals surface area contributed by atoms with Gasteiger partial charge < -0.3 is 9.84 Å². The number of hydrogen-bond donors (Lipinski definition) is 1. The molecule has 1 amide bonds. The second-order valence-corrected chi connectivity index (χ2v) is 6.64. The average Bonchev–Trinajstić information content (AvgIpc) is 2.65. The quantitative estimate of drug-likeness (QED) is 0.632. The summed E-state index contributed by atoms with van der Waals surface area (Å²) in [5.41, 5.74) is 0.790. The Morgan fingerprint density at radius 3 is 2.81 bits per heavy atom. The number of thioether (sulfide) groups is 1. The lowest BCUT2D eigenvalue weighted by molar-refractivity contribution is -0.139. The third kappa shape index (κ3) is 3.84. The van der Waals surface area contributed by atoms with E-state index in [2.05, 4.69) is 15.9 Å². The summed E-state index contributed by atoms with van der Waals surface area (Å²) < 4.78 is 6.25. The summed E-state index contributed by atoms with van der Waals surface area (Å²) in [4.78, 5) is 24.3. The minimum Gasteiger partial charge on any atom is -0.481 e. The number of amides is 1. The number of carboxylic acids is 1. The van der Waals surface area contributed by atoms with E-state index in [0.717, 1.165) is 5.56 Å². The Morgan fingerprint density at radius 2 is 2.29 bits per heavy atom. The van der Waals surface area contributed by atoms with Crippen LogP contribution >= 0.6 is 39.9 Å². The van der Waals surface area contributed by atoms with Gasteiger partial charge in [-0.25, -0.2) is 4.79 Å². The predicted octanol–water partition coefficient (Wildman–Crippen LogP) is 2.74. The van der Waals surface area contributed by atoms with Crippen molar-refractivity contribution in [3.05, 3.63) is 33.1 Å². The van der Waals surface area contributed by atoms with Crippen LogP contribution in [0.15, 0.2) is 27.6 Å². The zero-order valence-electron chi connectivity index (χ0n) is 10.8. The van der Waals surface area contributed by atoms with Crippen molar-refractivity contribution in [1.82, 2.24) is 4.90 Å². The maximum atomic E-state index is 11.9. The molecule has 8 heteroatoms. The molecule has 5 nitrogen and oxygen atoms in total. The summed E-state index contributed by atoms with van der Waals surface area (Å²) in [6.07, 6.45) is 1.73. The molecule has 0 unspecified atom stereocenters. The monoisotopic (exact) mass is 387 g/mol. The second kappa shape index (κ2) is 6.59. The fraction of sp³-hybridized carbons (Fsp3) is 0.154. The third-order valence-corrected chi connectivity index (χ3v) is 4.70. The number of hydrogen-bond acceptors (Lipinski definition) is 5. The fourth-order valence-corrected chi connectivity index (χ4v) is 3.25. The topological polar surface area (TPSA) is 66.8 Å². The van der Waals surface area contributed by atoms with Gasteiger partial charge in [0.1, 0.15) is 10.1 Å². The molecule has 0 bridgehead atoms. The summed E-state index contributed by atoms with van der Waals surface area (Å²) in [6.45, 7) is -0.410. The fourth-order valence-electron chi connectivity index (χ4n) is 1.56. The Bertz CT molecular complexity index is 660. The van der Waals surface area contributed by atoms with Gasteiger partial charge in [-0.15, -0.1) is 0 Å². The van der Waals surface area contributed by atoms with Crippen molar-refractivity contribution < 1.29 is 19.4 Å². The number of likely N-dealkylation sites (N-methyl/N-ethyl adjacent to an activating group) is 1. The molecule has 1 heterocycles. The Hall–Kier alpha value is -1.38. The number of carbonyl (C=O) groups excluding carboxylic acids is 1.